The molecule has 0 saturated heterocycles. The monoisotopic (exact) mass is 258 g/mol. The van der Waals surface area contributed by atoms with Gasteiger partial charge in [0.05, 0.1) is 6.42 Å². The third kappa shape index (κ3) is 3.25. The maximum atomic E-state index is 11.2. The molecule has 0 fully saturated rings. The summed E-state index contributed by atoms with van der Waals surface area (Å²) < 4.78 is 0. The number of hydrogen-bond acceptors (Lipinski definition) is 3. The molecule has 0 heterocycles. The lowest BCUT2D eigenvalue weighted by atomic mass is 10.00. The van der Waals surface area contributed by atoms with E-state index in [1.807, 2.05) is 0 Å². The molecule has 0 spiro atoms. The van der Waals surface area contributed by atoms with Gasteiger partial charge in [-0.2, -0.15) is 0 Å². The maximum absolute atomic E-state index is 11.2. The number of carboxylic acid groups (broad SMARTS) is 1. The van der Waals surface area contributed by atoms with E-state index in [9.17, 15) is 9.59 Å². The van der Waals surface area contributed by atoms with Crippen LogP contribution in [0.2, 0.25) is 0 Å². The van der Waals surface area contributed by atoms with Crippen LogP contribution in [0, 0.1) is 0 Å². The summed E-state index contributed by atoms with van der Waals surface area (Å²) >= 11 is 10.1. The fourth-order valence-electron chi connectivity index (χ4n) is 1.36. The van der Waals surface area contributed by atoms with Crippen LogP contribution in [0.4, 0.5) is 0 Å². The third-order valence-corrected chi connectivity index (χ3v) is 2.92. The highest BCUT2D eigenvalue weighted by atomic mass is 35.5. The predicted molar refractivity (Wildman–Crippen MR) is 64.3 cm³/mol. The van der Waals surface area contributed by atoms with E-state index in [0.717, 1.165) is 0 Å². The zero-order valence-electron chi connectivity index (χ0n) is 8.61. The maximum Gasteiger partial charge on any atom is 0.307 e. The summed E-state index contributed by atoms with van der Waals surface area (Å²) in [5.74, 6) is -1.17. The van der Waals surface area contributed by atoms with Crippen molar-refractivity contribution < 1.29 is 14.7 Å². The minimum atomic E-state index is -0.958. The first kappa shape index (κ1) is 13.1. The summed E-state index contributed by atoms with van der Waals surface area (Å²) in [5, 5.41) is 7.92. The summed E-state index contributed by atoms with van der Waals surface area (Å²) in [4.78, 5) is 22.5. The van der Waals surface area contributed by atoms with Crippen molar-refractivity contribution >= 4 is 36.0 Å². The summed E-state index contributed by atoms with van der Waals surface area (Å²) in [5.41, 5.74) is 1.06. The Kier molecular flexibility index (Phi) is 4.38. The van der Waals surface area contributed by atoms with E-state index in [1.54, 1.807) is 18.2 Å². The molecule has 16 heavy (non-hydrogen) atoms. The molecule has 3 nitrogen and oxygen atoms in total. The van der Waals surface area contributed by atoms with E-state index < -0.39 is 11.3 Å². The zero-order chi connectivity index (χ0) is 12.3. The first-order valence-electron chi connectivity index (χ1n) is 4.60. The molecule has 0 radical (unpaired) electrons. The molecule has 5 heteroatoms. The van der Waals surface area contributed by atoms with Crippen molar-refractivity contribution in [2.45, 2.75) is 23.6 Å². The van der Waals surface area contributed by atoms with Gasteiger partial charge in [-0.1, -0.05) is 6.07 Å². The largest absolute Gasteiger partial charge is 0.481 e. The molecule has 0 aliphatic carbocycles. The number of benzene rings is 1. The zero-order valence-corrected chi connectivity index (χ0v) is 10.3. The van der Waals surface area contributed by atoms with Gasteiger partial charge in [-0.3, -0.25) is 9.59 Å². The first-order valence-corrected chi connectivity index (χ1v) is 5.48. The molecule has 1 N–H and O–H groups in total. The van der Waals surface area contributed by atoms with Crippen molar-refractivity contribution in [3.05, 3.63) is 29.3 Å². The lowest BCUT2D eigenvalue weighted by Gasteiger charge is -2.12. The highest BCUT2D eigenvalue weighted by molar-refractivity contribution is 7.80. The molecule has 0 aromatic heterocycles. The smallest absolute Gasteiger partial charge is 0.307 e. The molecule has 1 unspecified atom stereocenters. The standard InChI is InChI=1S/C11H11ClO3S/c1-6(13)11(12)9-5-8(16)3-2-7(9)4-10(14)15/h2-3,5,11,16H,4H2,1H3,(H,14,15). The van der Waals surface area contributed by atoms with E-state index in [1.165, 1.54) is 6.92 Å². The van der Waals surface area contributed by atoms with Gasteiger partial charge >= 0.3 is 5.97 Å². The Bertz CT molecular complexity index is 431. The molecule has 0 aliphatic heterocycles. The highest BCUT2D eigenvalue weighted by Crippen LogP contribution is 2.27. The average Bonchev–Trinajstić information content (AvgIpc) is 2.18. The number of rotatable bonds is 4. The van der Waals surface area contributed by atoms with Crippen LogP contribution >= 0.6 is 24.2 Å². The Morgan fingerprint density at radius 2 is 2.12 bits per heavy atom. The number of Topliss-reactive ketones (excluding diaryl/α,β-unsaturated/α-hetero) is 1. The van der Waals surface area contributed by atoms with E-state index in [0.29, 0.717) is 16.0 Å². The van der Waals surface area contributed by atoms with Gasteiger partial charge < -0.3 is 5.11 Å². The van der Waals surface area contributed by atoms with E-state index >= 15 is 0 Å². The van der Waals surface area contributed by atoms with E-state index in [4.69, 9.17) is 16.7 Å². The average molecular weight is 259 g/mol. The van der Waals surface area contributed by atoms with Gasteiger partial charge in [-0.15, -0.1) is 24.2 Å². The van der Waals surface area contributed by atoms with Gasteiger partial charge in [0, 0.05) is 4.90 Å². The fourth-order valence-corrected chi connectivity index (χ4v) is 1.78. The van der Waals surface area contributed by atoms with E-state index in [-0.39, 0.29) is 12.2 Å². The number of ketones is 1. The second kappa shape index (κ2) is 5.37. The van der Waals surface area contributed by atoms with Crippen LogP contribution in [0.25, 0.3) is 0 Å². The van der Waals surface area contributed by atoms with Crippen LogP contribution in [0.15, 0.2) is 23.1 Å². The molecule has 1 rings (SSSR count). The van der Waals surface area contributed by atoms with Gasteiger partial charge in [0.2, 0.25) is 0 Å². The number of aliphatic carboxylic acids is 1. The van der Waals surface area contributed by atoms with Gasteiger partial charge in [-0.05, 0) is 30.2 Å². The minimum Gasteiger partial charge on any atom is -0.481 e. The summed E-state index contributed by atoms with van der Waals surface area (Å²) in [6, 6.07) is 4.93. The molecule has 1 aromatic carbocycles. The van der Waals surface area contributed by atoms with Gasteiger partial charge in [0.1, 0.15) is 5.38 Å². The van der Waals surface area contributed by atoms with Crippen molar-refractivity contribution in [3.63, 3.8) is 0 Å². The van der Waals surface area contributed by atoms with Gasteiger partial charge in [0.15, 0.2) is 5.78 Å². The summed E-state index contributed by atoms with van der Waals surface area (Å²) in [6.07, 6.45) is -0.153. The molecule has 0 aliphatic rings. The summed E-state index contributed by atoms with van der Waals surface area (Å²) in [7, 11) is 0. The molecule has 1 atom stereocenters. The fraction of sp³-hybridized carbons (Fsp3) is 0.273. The van der Waals surface area contributed by atoms with Crippen LogP contribution < -0.4 is 0 Å². The van der Waals surface area contributed by atoms with Gasteiger partial charge in [-0.25, -0.2) is 0 Å². The number of halogens is 1. The van der Waals surface area contributed by atoms with Crippen LogP contribution in [0.3, 0.4) is 0 Å². The van der Waals surface area contributed by atoms with Crippen LogP contribution in [-0.4, -0.2) is 16.9 Å². The normalized spacial score (nSPS) is 12.2. The first-order chi connectivity index (χ1) is 7.41. The van der Waals surface area contributed by atoms with Crippen molar-refractivity contribution in [2.24, 2.45) is 0 Å². The molecule has 0 saturated carbocycles. The summed E-state index contributed by atoms with van der Waals surface area (Å²) in [6.45, 7) is 1.37. The Hall–Kier alpha value is -1.00. The molecule has 0 bridgehead atoms. The van der Waals surface area contributed by atoms with Crippen LogP contribution in [0.1, 0.15) is 23.4 Å². The predicted octanol–water partition coefficient (Wildman–Crippen LogP) is 2.47. The second-order valence-corrected chi connectivity index (χ2v) is 4.38. The lowest BCUT2D eigenvalue weighted by molar-refractivity contribution is -0.136. The number of carboxylic acids is 1. The SMILES string of the molecule is CC(=O)C(Cl)c1cc(S)ccc1CC(=O)O. The number of carbonyl (C=O) groups excluding carboxylic acids is 1. The van der Waals surface area contributed by atoms with Crippen molar-refractivity contribution in [3.8, 4) is 0 Å². The van der Waals surface area contributed by atoms with Crippen molar-refractivity contribution in [1.29, 1.82) is 0 Å². The van der Waals surface area contributed by atoms with Gasteiger partial charge in [0.25, 0.3) is 0 Å². The molecular formula is C11H11ClO3S. The second-order valence-electron chi connectivity index (χ2n) is 3.43. The van der Waals surface area contributed by atoms with Crippen LogP contribution in [0.5, 0.6) is 0 Å². The molecular weight excluding hydrogens is 248 g/mol. The number of alkyl halides is 1. The third-order valence-electron chi connectivity index (χ3n) is 2.10. The Morgan fingerprint density at radius 3 is 2.62 bits per heavy atom. The van der Waals surface area contributed by atoms with Crippen molar-refractivity contribution in [2.75, 3.05) is 0 Å². The molecule has 86 valence electrons. The topological polar surface area (TPSA) is 54.4 Å². The number of carbonyl (C=O) groups is 2. The Morgan fingerprint density at radius 1 is 1.50 bits per heavy atom. The van der Waals surface area contributed by atoms with E-state index in [2.05, 4.69) is 12.6 Å². The highest BCUT2D eigenvalue weighted by Gasteiger charge is 2.18. The minimum absolute atomic E-state index is 0.153. The van der Waals surface area contributed by atoms with Crippen LogP contribution in [-0.2, 0) is 16.0 Å². The molecule has 0 amide bonds. The Labute approximate surface area is 104 Å². The van der Waals surface area contributed by atoms with Crippen molar-refractivity contribution in [1.82, 2.24) is 0 Å². The Balaban J connectivity index is 3.17. The molecule has 1 aromatic rings. The number of hydrogen-bond donors (Lipinski definition) is 2. The number of thiol groups is 1. The lowest BCUT2D eigenvalue weighted by Crippen LogP contribution is -2.09. The quantitative estimate of drug-likeness (QED) is 0.644.